The van der Waals surface area contributed by atoms with Gasteiger partial charge in [-0.2, -0.15) is 0 Å². The molecule has 0 spiro atoms. The molecule has 1 N–H and O–H groups in total. The highest BCUT2D eigenvalue weighted by atomic mass is 79.9. The monoisotopic (exact) mass is 296 g/mol. The lowest BCUT2D eigenvalue weighted by molar-refractivity contribution is 0.729. The highest BCUT2D eigenvalue weighted by Crippen LogP contribution is 2.33. The number of benzene rings is 1. The van der Waals surface area contributed by atoms with E-state index in [1.807, 2.05) is 7.05 Å². The van der Waals surface area contributed by atoms with Gasteiger partial charge in [0, 0.05) is 29.8 Å². The van der Waals surface area contributed by atoms with Gasteiger partial charge in [-0.05, 0) is 56.5 Å². The minimum atomic E-state index is 0.927. The minimum Gasteiger partial charge on any atom is -0.371 e. The average molecular weight is 297 g/mol. The van der Waals surface area contributed by atoms with Crippen LogP contribution < -0.4 is 10.2 Å². The molecule has 17 heavy (non-hydrogen) atoms. The van der Waals surface area contributed by atoms with Crippen molar-refractivity contribution in [3.63, 3.8) is 0 Å². The number of rotatable bonds is 6. The van der Waals surface area contributed by atoms with E-state index < -0.39 is 0 Å². The molecule has 1 saturated carbocycles. The molecule has 1 aromatic rings. The first-order chi connectivity index (χ1) is 8.24. The van der Waals surface area contributed by atoms with Crippen LogP contribution in [0.2, 0.25) is 0 Å². The number of nitrogens with zero attached hydrogens (tertiary/aromatic N) is 1. The maximum Gasteiger partial charge on any atom is 0.0412 e. The second kappa shape index (κ2) is 5.87. The van der Waals surface area contributed by atoms with Crippen molar-refractivity contribution in [1.82, 2.24) is 5.32 Å². The van der Waals surface area contributed by atoms with E-state index in [1.165, 1.54) is 30.6 Å². The zero-order valence-electron chi connectivity index (χ0n) is 10.7. The number of nitrogens with one attached hydrogen (secondary N) is 1. The van der Waals surface area contributed by atoms with Gasteiger partial charge < -0.3 is 10.2 Å². The maximum absolute atomic E-state index is 3.55. The first kappa shape index (κ1) is 12.9. The standard InChI is InChI=1S/C14H21BrN2/c1-3-17(10-11-4-5-11)14-7-6-13(15)8-12(14)9-16-2/h6-8,11,16H,3-5,9-10H2,1-2H3. The fraction of sp³-hybridized carbons (Fsp3) is 0.571. The van der Waals surface area contributed by atoms with Crippen molar-refractivity contribution in [2.24, 2.45) is 5.92 Å². The normalized spacial score (nSPS) is 15.0. The van der Waals surface area contributed by atoms with Crippen molar-refractivity contribution in [2.75, 3.05) is 25.0 Å². The SMILES string of the molecule is CCN(CC1CC1)c1ccc(Br)cc1CNC. The zero-order chi connectivity index (χ0) is 12.3. The van der Waals surface area contributed by atoms with Crippen LogP contribution in [0.25, 0.3) is 0 Å². The van der Waals surface area contributed by atoms with Crippen molar-refractivity contribution in [2.45, 2.75) is 26.3 Å². The summed E-state index contributed by atoms with van der Waals surface area (Å²) in [4.78, 5) is 2.51. The van der Waals surface area contributed by atoms with Crippen LogP contribution in [0.4, 0.5) is 5.69 Å². The van der Waals surface area contributed by atoms with Crippen molar-refractivity contribution < 1.29 is 0 Å². The summed E-state index contributed by atoms with van der Waals surface area (Å²) in [7, 11) is 2.00. The third kappa shape index (κ3) is 3.46. The smallest absolute Gasteiger partial charge is 0.0412 e. The van der Waals surface area contributed by atoms with Gasteiger partial charge >= 0.3 is 0 Å². The van der Waals surface area contributed by atoms with E-state index >= 15 is 0 Å². The van der Waals surface area contributed by atoms with Crippen molar-refractivity contribution in [3.8, 4) is 0 Å². The van der Waals surface area contributed by atoms with Crippen LogP contribution in [-0.2, 0) is 6.54 Å². The summed E-state index contributed by atoms with van der Waals surface area (Å²) in [5.74, 6) is 0.932. The second-order valence-electron chi connectivity index (χ2n) is 4.79. The lowest BCUT2D eigenvalue weighted by Crippen LogP contribution is -2.27. The van der Waals surface area contributed by atoms with Crippen molar-refractivity contribution in [3.05, 3.63) is 28.2 Å². The predicted molar refractivity (Wildman–Crippen MR) is 77.5 cm³/mol. The molecule has 1 aliphatic carbocycles. The predicted octanol–water partition coefficient (Wildman–Crippen LogP) is 3.40. The second-order valence-corrected chi connectivity index (χ2v) is 5.70. The van der Waals surface area contributed by atoms with Gasteiger partial charge in [0.15, 0.2) is 0 Å². The molecule has 2 rings (SSSR count). The molecule has 1 fully saturated rings. The van der Waals surface area contributed by atoms with Crippen LogP contribution in [0.5, 0.6) is 0 Å². The molecule has 0 radical (unpaired) electrons. The molecule has 0 amide bonds. The van der Waals surface area contributed by atoms with E-state index in [4.69, 9.17) is 0 Å². The fourth-order valence-electron chi connectivity index (χ4n) is 2.20. The van der Waals surface area contributed by atoms with Gasteiger partial charge in [-0.3, -0.25) is 0 Å². The van der Waals surface area contributed by atoms with Gasteiger partial charge in [-0.25, -0.2) is 0 Å². The van der Waals surface area contributed by atoms with Crippen LogP contribution in [0.3, 0.4) is 0 Å². The van der Waals surface area contributed by atoms with Crippen molar-refractivity contribution in [1.29, 1.82) is 0 Å². The molecular formula is C14H21BrN2. The molecule has 94 valence electrons. The number of hydrogen-bond donors (Lipinski definition) is 1. The van der Waals surface area contributed by atoms with E-state index in [0.717, 1.165) is 23.5 Å². The molecule has 0 bridgehead atoms. The summed E-state index contributed by atoms with van der Waals surface area (Å²) in [6.45, 7) is 5.48. The lowest BCUT2D eigenvalue weighted by atomic mass is 10.1. The molecule has 0 atom stereocenters. The molecule has 0 unspecified atom stereocenters. The fourth-order valence-corrected chi connectivity index (χ4v) is 2.61. The van der Waals surface area contributed by atoms with E-state index in [-0.39, 0.29) is 0 Å². The number of hydrogen-bond acceptors (Lipinski definition) is 2. The first-order valence-electron chi connectivity index (χ1n) is 6.42. The Balaban J connectivity index is 2.20. The molecule has 0 saturated heterocycles. The van der Waals surface area contributed by atoms with E-state index in [2.05, 4.69) is 51.3 Å². The Kier molecular flexibility index (Phi) is 4.46. The third-order valence-corrected chi connectivity index (χ3v) is 3.80. The van der Waals surface area contributed by atoms with Gasteiger partial charge in [0.2, 0.25) is 0 Å². The summed E-state index contributed by atoms with van der Waals surface area (Å²) < 4.78 is 1.16. The first-order valence-corrected chi connectivity index (χ1v) is 7.22. The van der Waals surface area contributed by atoms with Crippen LogP contribution in [0.1, 0.15) is 25.3 Å². The quantitative estimate of drug-likeness (QED) is 0.865. The zero-order valence-corrected chi connectivity index (χ0v) is 12.3. The lowest BCUT2D eigenvalue weighted by Gasteiger charge is -2.26. The van der Waals surface area contributed by atoms with E-state index in [1.54, 1.807) is 0 Å². The summed E-state index contributed by atoms with van der Waals surface area (Å²) in [6.07, 6.45) is 2.82. The largest absolute Gasteiger partial charge is 0.371 e. The third-order valence-electron chi connectivity index (χ3n) is 3.31. The Morgan fingerprint density at radius 2 is 2.18 bits per heavy atom. The molecule has 1 aliphatic rings. The average Bonchev–Trinajstić information content (AvgIpc) is 3.11. The summed E-state index contributed by atoms with van der Waals surface area (Å²) in [6, 6.07) is 6.61. The molecule has 0 heterocycles. The van der Waals surface area contributed by atoms with Gasteiger partial charge in [0.05, 0.1) is 0 Å². The van der Waals surface area contributed by atoms with Crippen LogP contribution in [-0.4, -0.2) is 20.1 Å². The Morgan fingerprint density at radius 3 is 2.76 bits per heavy atom. The molecule has 0 aliphatic heterocycles. The Labute approximate surface area is 113 Å². The van der Waals surface area contributed by atoms with Gasteiger partial charge in [0.25, 0.3) is 0 Å². The van der Waals surface area contributed by atoms with Gasteiger partial charge in [-0.15, -0.1) is 0 Å². The van der Waals surface area contributed by atoms with Gasteiger partial charge in [0.1, 0.15) is 0 Å². The maximum atomic E-state index is 3.55. The Morgan fingerprint density at radius 1 is 1.41 bits per heavy atom. The Hall–Kier alpha value is -0.540. The van der Waals surface area contributed by atoms with Crippen LogP contribution in [0.15, 0.2) is 22.7 Å². The molecule has 3 heteroatoms. The molecule has 2 nitrogen and oxygen atoms in total. The molecular weight excluding hydrogens is 276 g/mol. The topological polar surface area (TPSA) is 15.3 Å². The summed E-state index contributed by atoms with van der Waals surface area (Å²) in [5.41, 5.74) is 2.77. The minimum absolute atomic E-state index is 0.927. The van der Waals surface area contributed by atoms with Crippen LogP contribution in [0, 0.1) is 5.92 Å². The van der Waals surface area contributed by atoms with Crippen molar-refractivity contribution >= 4 is 21.6 Å². The highest BCUT2D eigenvalue weighted by Gasteiger charge is 2.24. The Bertz CT molecular complexity index is 374. The number of halogens is 1. The van der Waals surface area contributed by atoms with E-state index in [9.17, 15) is 0 Å². The molecule has 0 aromatic heterocycles. The molecule has 1 aromatic carbocycles. The highest BCUT2D eigenvalue weighted by molar-refractivity contribution is 9.10. The number of anilines is 1. The van der Waals surface area contributed by atoms with Crippen LogP contribution >= 0.6 is 15.9 Å². The van der Waals surface area contributed by atoms with E-state index in [0.29, 0.717) is 0 Å². The summed E-state index contributed by atoms with van der Waals surface area (Å²) >= 11 is 3.55. The van der Waals surface area contributed by atoms with Gasteiger partial charge in [-0.1, -0.05) is 15.9 Å². The summed E-state index contributed by atoms with van der Waals surface area (Å²) in [5, 5.41) is 3.25.